The number of hydrogen-bond donors (Lipinski definition) is 0. The third-order valence-electron chi connectivity index (χ3n) is 2.70. The lowest BCUT2D eigenvalue weighted by Gasteiger charge is -2.03. The van der Waals surface area contributed by atoms with E-state index in [2.05, 4.69) is 0 Å². The van der Waals surface area contributed by atoms with Crippen LogP contribution in [-0.4, -0.2) is 5.78 Å². The zero-order chi connectivity index (χ0) is 14.7. The molecule has 2 rings (SSSR count). The van der Waals surface area contributed by atoms with Crippen molar-refractivity contribution in [3.8, 4) is 12.1 Å². The second-order valence-electron chi connectivity index (χ2n) is 3.94. The van der Waals surface area contributed by atoms with Crippen molar-refractivity contribution in [1.29, 1.82) is 10.5 Å². The van der Waals surface area contributed by atoms with Crippen molar-refractivity contribution in [2.75, 3.05) is 0 Å². The van der Waals surface area contributed by atoms with Crippen molar-refractivity contribution in [3.63, 3.8) is 0 Å². The molecule has 0 atom stereocenters. The third kappa shape index (κ3) is 2.38. The number of hydrogen-bond acceptors (Lipinski definition) is 3. The molecule has 2 aromatic carbocycles. The molecule has 20 heavy (non-hydrogen) atoms. The number of carbonyl (C=O) groups excluding carboxylic acids is 1. The van der Waals surface area contributed by atoms with E-state index in [4.69, 9.17) is 10.5 Å². The van der Waals surface area contributed by atoms with Crippen LogP contribution < -0.4 is 0 Å². The Bertz CT molecular complexity index is 720. The van der Waals surface area contributed by atoms with E-state index in [1.807, 2.05) is 0 Å². The molecule has 0 aromatic heterocycles. The van der Waals surface area contributed by atoms with E-state index in [1.165, 1.54) is 12.1 Å². The molecular weight excluding hydrogens is 262 g/mol. The second kappa shape index (κ2) is 5.29. The lowest BCUT2D eigenvalue weighted by Crippen LogP contribution is -2.03. The molecule has 0 N–H and O–H groups in total. The Morgan fingerprint density at radius 1 is 0.850 bits per heavy atom. The van der Waals surface area contributed by atoms with E-state index < -0.39 is 17.4 Å². The van der Waals surface area contributed by atoms with Crippen molar-refractivity contribution >= 4 is 5.78 Å². The number of halogens is 2. The van der Waals surface area contributed by atoms with Gasteiger partial charge in [-0.05, 0) is 36.4 Å². The van der Waals surface area contributed by atoms with E-state index in [-0.39, 0.29) is 22.3 Å². The minimum atomic E-state index is -0.721. The monoisotopic (exact) mass is 268 g/mol. The fraction of sp³-hybridized carbons (Fsp3) is 0. The fourth-order valence-electron chi connectivity index (χ4n) is 1.67. The minimum Gasteiger partial charge on any atom is -0.289 e. The first kappa shape index (κ1) is 13.4. The van der Waals surface area contributed by atoms with Gasteiger partial charge in [0.05, 0.1) is 11.1 Å². The van der Waals surface area contributed by atoms with Gasteiger partial charge < -0.3 is 0 Å². The summed E-state index contributed by atoms with van der Waals surface area (Å²) in [4.78, 5) is 12.1. The molecule has 0 saturated carbocycles. The quantitative estimate of drug-likeness (QED) is 0.786. The molecule has 0 saturated heterocycles. The van der Waals surface area contributed by atoms with E-state index >= 15 is 0 Å². The van der Waals surface area contributed by atoms with Gasteiger partial charge in [0, 0.05) is 11.1 Å². The molecule has 0 bridgehead atoms. The van der Waals surface area contributed by atoms with Crippen LogP contribution in [0, 0.1) is 34.3 Å². The van der Waals surface area contributed by atoms with Crippen LogP contribution in [0.3, 0.4) is 0 Å². The van der Waals surface area contributed by atoms with Gasteiger partial charge in [0.15, 0.2) is 5.78 Å². The molecule has 0 fully saturated rings. The van der Waals surface area contributed by atoms with Crippen LogP contribution >= 0.6 is 0 Å². The predicted octanol–water partition coefficient (Wildman–Crippen LogP) is 2.94. The Kier molecular flexibility index (Phi) is 3.54. The lowest BCUT2D eigenvalue weighted by atomic mass is 10.00. The summed E-state index contributed by atoms with van der Waals surface area (Å²) >= 11 is 0. The van der Waals surface area contributed by atoms with Crippen molar-refractivity contribution in [2.45, 2.75) is 0 Å². The van der Waals surface area contributed by atoms with Crippen molar-refractivity contribution in [2.24, 2.45) is 0 Å². The molecule has 0 spiro atoms. The van der Waals surface area contributed by atoms with E-state index in [0.717, 1.165) is 24.3 Å². The van der Waals surface area contributed by atoms with E-state index in [9.17, 15) is 13.6 Å². The zero-order valence-electron chi connectivity index (χ0n) is 10.0. The maximum Gasteiger partial charge on any atom is 0.193 e. The Balaban J connectivity index is 2.47. The highest BCUT2D eigenvalue weighted by Crippen LogP contribution is 2.16. The van der Waals surface area contributed by atoms with Crippen molar-refractivity contribution in [3.05, 3.63) is 70.3 Å². The molecule has 0 aliphatic carbocycles. The number of benzene rings is 2. The number of rotatable bonds is 2. The Labute approximate surface area is 113 Å². The molecule has 96 valence electrons. The highest BCUT2D eigenvalue weighted by molar-refractivity contribution is 6.09. The smallest absolute Gasteiger partial charge is 0.193 e. The molecule has 0 aliphatic rings. The Hall–Kier alpha value is -3.05. The average molecular weight is 268 g/mol. The number of ketones is 1. The average Bonchev–Trinajstić information content (AvgIpc) is 2.47. The van der Waals surface area contributed by atoms with Crippen LogP contribution in [0.2, 0.25) is 0 Å². The number of nitrogens with zero attached hydrogens (tertiary/aromatic N) is 2. The normalized spacial score (nSPS) is 9.60. The number of carbonyl (C=O) groups is 1. The lowest BCUT2D eigenvalue weighted by molar-refractivity contribution is 0.103. The van der Waals surface area contributed by atoms with Crippen molar-refractivity contribution in [1.82, 2.24) is 0 Å². The third-order valence-corrected chi connectivity index (χ3v) is 2.70. The van der Waals surface area contributed by atoms with Gasteiger partial charge in [0.1, 0.15) is 23.8 Å². The molecule has 3 nitrogen and oxygen atoms in total. The zero-order valence-corrected chi connectivity index (χ0v) is 10.0. The molecular formula is C15H6F2N2O. The first-order valence-electron chi connectivity index (χ1n) is 5.51. The SMILES string of the molecule is N#Cc1cc(C(=O)c2ccc(F)c(C#N)c2)ccc1F. The topological polar surface area (TPSA) is 64.7 Å². The summed E-state index contributed by atoms with van der Waals surface area (Å²) in [6.45, 7) is 0. The summed E-state index contributed by atoms with van der Waals surface area (Å²) < 4.78 is 26.4. The highest BCUT2D eigenvalue weighted by Gasteiger charge is 2.14. The minimum absolute atomic E-state index is 0.0958. The fourth-order valence-corrected chi connectivity index (χ4v) is 1.67. The van der Waals surface area contributed by atoms with Crippen LogP contribution in [0.4, 0.5) is 8.78 Å². The number of nitriles is 2. The van der Waals surface area contributed by atoms with Gasteiger partial charge in [-0.1, -0.05) is 0 Å². The Morgan fingerprint density at radius 3 is 1.60 bits per heavy atom. The van der Waals surface area contributed by atoms with Gasteiger partial charge in [0.2, 0.25) is 0 Å². The predicted molar refractivity (Wildman–Crippen MR) is 65.7 cm³/mol. The summed E-state index contributed by atoms with van der Waals surface area (Å²) in [5, 5.41) is 17.4. The molecule has 0 radical (unpaired) electrons. The molecule has 0 unspecified atom stereocenters. The molecule has 0 aliphatic heterocycles. The Morgan fingerprint density at radius 2 is 1.25 bits per heavy atom. The van der Waals surface area contributed by atoms with Crippen molar-refractivity contribution < 1.29 is 13.6 Å². The summed E-state index contributed by atoms with van der Waals surface area (Å²) in [5.74, 6) is -1.96. The summed E-state index contributed by atoms with van der Waals surface area (Å²) in [7, 11) is 0. The standard InChI is InChI=1S/C15H6F2N2O/c16-13-3-1-9(5-11(13)7-18)15(20)10-2-4-14(17)12(6-10)8-19/h1-6H. The first-order chi connectivity index (χ1) is 9.56. The van der Waals surface area contributed by atoms with Crippen LogP contribution in [0.1, 0.15) is 27.0 Å². The molecule has 2 aromatic rings. The van der Waals surface area contributed by atoms with Gasteiger partial charge in [0.25, 0.3) is 0 Å². The maximum atomic E-state index is 13.2. The van der Waals surface area contributed by atoms with Crippen LogP contribution in [-0.2, 0) is 0 Å². The first-order valence-corrected chi connectivity index (χ1v) is 5.51. The largest absolute Gasteiger partial charge is 0.289 e. The maximum absolute atomic E-state index is 13.2. The molecule has 5 heteroatoms. The van der Waals surface area contributed by atoms with Gasteiger partial charge >= 0.3 is 0 Å². The molecule has 0 heterocycles. The van der Waals surface area contributed by atoms with Gasteiger partial charge in [-0.2, -0.15) is 10.5 Å². The summed E-state index contributed by atoms with van der Waals surface area (Å²) in [6, 6.07) is 9.99. The van der Waals surface area contributed by atoms with Crippen LogP contribution in [0.25, 0.3) is 0 Å². The van der Waals surface area contributed by atoms with Gasteiger partial charge in [-0.25, -0.2) is 8.78 Å². The molecule has 0 amide bonds. The summed E-state index contributed by atoms with van der Waals surface area (Å²) in [6.07, 6.45) is 0. The van der Waals surface area contributed by atoms with Gasteiger partial charge in [-0.15, -0.1) is 0 Å². The van der Waals surface area contributed by atoms with Gasteiger partial charge in [-0.3, -0.25) is 4.79 Å². The van der Waals surface area contributed by atoms with Crippen LogP contribution in [0.15, 0.2) is 36.4 Å². The highest BCUT2D eigenvalue weighted by atomic mass is 19.1. The van der Waals surface area contributed by atoms with Crippen LogP contribution in [0.5, 0.6) is 0 Å². The summed E-state index contributed by atoms with van der Waals surface area (Å²) in [5.41, 5.74) is -0.311. The van der Waals surface area contributed by atoms with E-state index in [1.54, 1.807) is 12.1 Å². The second-order valence-corrected chi connectivity index (χ2v) is 3.94. The van der Waals surface area contributed by atoms with E-state index in [0.29, 0.717) is 0 Å².